The zero-order chi connectivity index (χ0) is 7.21. The summed E-state index contributed by atoms with van der Waals surface area (Å²) in [5, 5.41) is 0. The van der Waals surface area contributed by atoms with E-state index in [1.54, 1.807) is 0 Å². The van der Waals surface area contributed by atoms with E-state index >= 15 is 0 Å². The molecule has 0 aliphatic rings. The molecule has 0 aliphatic heterocycles. The molecule has 0 aromatic heterocycles. The molecule has 0 rings (SSSR count). The Hall–Kier alpha value is 1.20. The number of rotatable bonds is 0. The quantitative estimate of drug-likeness (QED) is 0.294. The standard InChI is InChI=1S/C2H5.Hg.H2O3S2/c1-2;;1-5(2,3)4/h1H2,2H3;;(H2,1,2,3,4). The van der Waals surface area contributed by atoms with Gasteiger partial charge < -0.3 is 0 Å². The van der Waals surface area contributed by atoms with Crippen LogP contribution in [0.25, 0.3) is 0 Å². The Bertz CT molecular complexity index is 109. The molecule has 0 fully saturated rings. The molecule has 47 valence electrons. The SMILES string of the molecule is C[CH2][Hg].O=S(=O)(O)S. The van der Waals surface area contributed by atoms with Crippen LogP contribution in [0.4, 0.5) is 0 Å². The summed E-state index contributed by atoms with van der Waals surface area (Å²) in [7, 11) is -3.97. The van der Waals surface area contributed by atoms with Crippen LogP contribution in [0.2, 0.25) is 3.93 Å². The van der Waals surface area contributed by atoms with Gasteiger partial charge in [0.15, 0.2) is 0 Å². The van der Waals surface area contributed by atoms with Gasteiger partial charge in [0.1, 0.15) is 0 Å². The Labute approximate surface area is 70.4 Å². The Morgan fingerprint density at radius 2 is 1.75 bits per heavy atom. The molecule has 6 heteroatoms. The summed E-state index contributed by atoms with van der Waals surface area (Å²) in [6, 6.07) is 0. The minimum atomic E-state index is -3.97. The van der Waals surface area contributed by atoms with Gasteiger partial charge in [0.25, 0.3) is 0 Å². The normalized spacial score (nSPS) is 9.62. The van der Waals surface area contributed by atoms with Crippen LogP contribution in [0.1, 0.15) is 6.92 Å². The molecule has 0 atom stereocenters. The molecule has 0 amide bonds. The molecular formula is C2H7HgO3S2. The van der Waals surface area contributed by atoms with Crippen LogP contribution < -0.4 is 0 Å². The molecule has 1 N–H and O–H groups in total. The second kappa shape index (κ2) is 6.32. The van der Waals surface area contributed by atoms with E-state index in [9.17, 15) is 0 Å². The van der Waals surface area contributed by atoms with Gasteiger partial charge in [0, 0.05) is 0 Å². The summed E-state index contributed by atoms with van der Waals surface area (Å²) in [4.78, 5) is 0. The molecule has 0 spiro atoms. The molecule has 0 unspecified atom stereocenters. The summed E-state index contributed by atoms with van der Waals surface area (Å²) in [5.74, 6) is 0. The van der Waals surface area contributed by atoms with Gasteiger partial charge in [0.2, 0.25) is 0 Å². The predicted molar refractivity (Wildman–Crippen MR) is 31.0 cm³/mol. The molecule has 0 radical (unpaired) electrons. The minimum Gasteiger partial charge on any atom is -0.277 e. The molecule has 0 aromatic rings. The van der Waals surface area contributed by atoms with Crippen molar-refractivity contribution in [2.45, 2.75) is 10.9 Å². The second-order valence-corrected chi connectivity index (χ2v) is 7.12. The van der Waals surface area contributed by atoms with Crippen LogP contribution >= 0.6 is 11.7 Å². The Kier molecular flexibility index (Phi) is 9.42. The van der Waals surface area contributed by atoms with E-state index in [1.807, 2.05) is 0 Å². The topological polar surface area (TPSA) is 54.4 Å². The van der Waals surface area contributed by atoms with Crippen LogP contribution in [-0.4, -0.2) is 13.0 Å². The van der Waals surface area contributed by atoms with Gasteiger partial charge in [0.05, 0.1) is 0 Å². The van der Waals surface area contributed by atoms with E-state index in [0.717, 1.165) is 26.1 Å². The van der Waals surface area contributed by atoms with Crippen LogP contribution in [-0.2, 0) is 35.3 Å². The first-order valence-electron chi connectivity index (χ1n) is 1.91. The van der Waals surface area contributed by atoms with E-state index in [2.05, 4.69) is 18.6 Å². The van der Waals surface area contributed by atoms with Crippen molar-refractivity contribution in [3.05, 3.63) is 0 Å². The molecule has 0 saturated carbocycles. The maximum Gasteiger partial charge on any atom is 0.316 e. The molecule has 8 heavy (non-hydrogen) atoms. The van der Waals surface area contributed by atoms with Gasteiger partial charge in [-0.25, -0.2) is 0 Å². The smallest absolute Gasteiger partial charge is 0.277 e. The minimum absolute atomic E-state index is 1.07. The third kappa shape index (κ3) is 193. The van der Waals surface area contributed by atoms with E-state index in [-0.39, 0.29) is 0 Å². The first-order chi connectivity index (χ1) is 3.41. The second-order valence-electron chi connectivity index (χ2n) is 0.948. The van der Waals surface area contributed by atoms with Crippen molar-refractivity contribution in [1.29, 1.82) is 0 Å². The molecule has 0 aliphatic carbocycles. The summed E-state index contributed by atoms with van der Waals surface area (Å²) in [5.41, 5.74) is 0. The average molecular weight is 344 g/mol. The Morgan fingerprint density at radius 3 is 1.75 bits per heavy atom. The summed E-state index contributed by atoms with van der Waals surface area (Å²) in [6.45, 7) is 2.21. The van der Waals surface area contributed by atoms with E-state index in [1.165, 1.54) is 3.93 Å². The van der Waals surface area contributed by atoms with Crippen LogP contribution in [0, 0.1) is 0 Å². The zero-order valence-corrected chi connectivity index (χ0v) is 11.7. The molecule has 0 aromatic carbocycles. The van der Waals surface area contributed by atoms with Crippen LogP contribution in [0.5, 0.6) is 0 Å². The van der Waals surface area contributed by atoms with Gasteiger partial charge >= 0.3 is 46.1 Å². The predicted octanol–water partition coefficient (Wildman–Crippen LogP) is 0.690. The van der Waals surface area contributed by atoms with Crippen molar-refractivity contribution in [2.24, 2.45) is 0 Å². The third-order valence-corrected chi connectivity index (χ3v) is 0. The maximum absolute atomic E-state index is 9.05. The van der Waals surface area contributed by atoms with Gasteiger partial charge in [-0.15, -0.1) is 0 Å². The molecule has 0 bridgehead atoms. The zero-order valence-electron chi connectivity index (χ0n) is 4.53. The fourth-order valence-electron chi connectivity index (χ4n) is 0. The van der Waals surface area contributed by atoms with Crippen molar-refractivity contribution in [1.82, 2.24) is 0 Å². The first kappa shape index (κ1) is 11.9. The van der Waals surface area contributed by atoms with Crippen molar-refractivity contribution < 1.29 is 39.1 Å². The summed E-state index contributed by atoms with van der Waals surface area (Å²) in [6.07, 6.45) is 0. The molecule has 0 saturated heterocycles. The van der Waals surface area contributed by atoms with Crippen molar-refractivity contribution in [2.75, 3.05) is 0 Å². The Morgan fingerprint density at radius 1 is 1.75 bits per heavy atom. The van der Waals surface area contributed by atoms with Crippen molar-refractivity contribution >= 4 is 20.8 Å². The average Bonchev–Trinajstić information content (AvgIpc) is 1.27. The monoisotopic (exact) mass is 345 g/mol. The number of thiol groups is 1. The van der Waals surface area contributed by atoms with E-state index in [4.69, 9.17) is 13.0 Å². The maximum atomic E-state index is 9.05. The number of hydrogen-bond acceptors (Lipinski definition) is 2. The van der Waals surface area contributed by atoms with Crippen molar-refractivity contribution in [3.63, 3.8) is 0 Å². The van der Waals surface area contributed by atoms with Crippen LogP contribution in [0.15, 0.2) is 0 Å². The summed E-state index contributed by atoms with van der Waals surface area (Å²) < 4.78 is 26.9. The third-order valence-electron chi connectivity index (χ3n) is 0. The number of hydrogen-bond donors (Lipinski definition) is 2. The van der Waals surface area contributed by atoms with E-state index in [0.29, 0.717) is 0 Å². The molecule has 0 heterocycles. The van der Waals surface area contributed by atoms with Gasteiger partial charge in [-0.05, 0) is 11.7 Å². The van der Waals surface area contributed by atoms with Gasteiger partial charge in [-0.2, -0.15) is 8.42 Å². The first-order valence-corrected chi connectivity index (χ1v) is 8.29. The largest absolute Gasteiger partial charge is 0.316 e. The fraction of sp³-hybridized carbons (Fsp3) is 1.00. The van der Waals surface area contributed by atoms with E-state index < -0.39 is 9.15 Å². The summed E-state index contributed by atoms with van der Waals surface area (Å²) >= 11 is 3.72. The molecule has 3 nitrogen and oxygen atoms in total. The van der Waals surface area contributed by atoms with Crippen LogP contribution in [0.3, 0.4) is 0 Å². The van der Waals surface area contributed by atoms with Gasteiger partial charge in [-0.1, -0.05) is 0 Å². The fourth-order valence-corrected chi connectivity index (χ4v) is 0. The Balaban J connectivity index is 0. The van der Waals surface area contributed by atoms with Gasteiger partial charge in [-0.3, -0.25) is 4.55 Å². The molecular weight excluding hydrogens is 337 g/mol. The van der Waals surface area contributed by atoms with Crippen molar-refractivity contribution in [3.8, 4) is 0 Å².